The molecule has 1 aliphatic heterocycles. The molecular formula is C21H22N2O5. The fourth-order valence-electron chi connectivity index (χ4n) is 3.64. The van der Waals surface area contributed by atoms with Crippen molar-refractivity contribution in [2.45, 2.75) is 19.3 Å². The van der Waals surface area contributed by atoms with Crippen molar-refractivity contribution in [3.63, 3.8) is 0 Å². The number of Topliss-reactive ketones (excluding diaryl/α,β-unsaturated/α-hetero) is 1. The largest absolute Gasteiger partial charge is 0.492 e. The molecule has 1 aliphatic carbocycles. The molecule has 0 saturated heterocycles. The van der Waals surface area contributed by atoms with Crippen LogP contribution in [0.25, 0.3) is 0 Å². The lowest BCUT2D eigenvalue weighted by Gasteiger charge is -2.26. The Morgan fingerprint density at radius 2 is 1.96 bits per heavy atom. The molecule has 0 amide bonds. The third-order valence-corrected chi connectivity index (χ3v) is 5.04. The van der Waals surface area contributed by atoms with E-state index in [-0.39, 0.29) is 29.1 Å². The van der Waals surface area contributed by atoms with Crippen LogP contribution < -0.4 is 4.90 Å². The molecule has 146 valence electrons. The summed E-state index contributed by atoms with van der Waals surface area (Å²) in [6, 6.07) is 7.93. The number of rotatable bonds is 5. The van der Waals surface area contributed by atoms with E-state index in [4.69, 9.17) is 4.74 Å². The second-order valence-electron chi connectivity index (χ2n) is 7.06. The Labute approximate surface area is 163 Å². The highest BCUT2D eigenvalue weighted by Gasteiger charge is 2.39. The normalized spacial score (nSPS) is 20.9. The third-order valence-electron chi connectivity index (χ3n) is 5.04. The van der Waals surface area contributed by atoms with Crippen molar-refractivity contribution < 1.29 is 19.6 Å². The van der Waals surface area contributed by atoms with Gasteiger partial charge in [0, 0.05) is 35.0 Å². The van der Waals surface area contributed by atoms with Gasteiger partial charge in [-0.2, -0.15) is 0 Å². The predicted octanol–water partition coefficient (Wildman–Crippen LogP) is 2.86. The summed E-state index contributed by atoms with van der Waals surface area (Å²) in [6.45, 7) is 4.51. The number of carbonyl (C=O) groups is 1. The second-order valence-corrected chi connectivity index (χ2v) is 7.06. The zero-order valence-electron chi connectivity index (χ0n) is 16.0. The van der Waals surface area contributed by atoms with Crippen LogP contribution in [0.5, 0.6) is 0 Å². The molecule has 7 nitrogen and oxygen atoms in total. The van der Waals surface area contributed by atoms with Gasteiger partial charge in [0.05, 0.1) is 24.7 Å². The van der Waals surface area contributed by atoms with Crippen molar-refractivity contribution in [1.29, 1.82) is 0 Å². The molecule has 1 N–H and O–H groups in total. The first-order valence-corrected chi connectivity index (χ1v) is 8.88. The minimum absolute atomic E-state index is 0.0286. The number of aliphatic hydroxyl groups is 1. The zero-order chi connectivity index (χ0) is 20.5. The Bertz CT molecular complexity index is 953. The van der Waals surface area contributed by atoms with Gasteiger partial charge in [-0.15, -0.1) is 0 Å². The lowest BCUT2D eigenvalue weighted by atomic mass is 9.83. The van der Waals surface area contributed by atoms with Crippen LogP contribution in [0.2, 0.25) is 0 Å². The number of allylic oxidation sites excluding steroid dienone is 6. The van der Waals surface area contributed by atoms with E-state index in [1.165, 1.54) is 13.2 Å². The van der Waals surface area contributed by atoms with Gasteiger partial charge in [0.15, 0.2) is 5.76 Å². The molecule has 1 aromatic rings. The van der Waals surface area contributed by atoms with Gasteiger partial charge >= 0.3 is 0 Å². The molecule has 0 saturated carbocycles. The minimum atomic E-state index is -0.556. The van der Waals surface area contributed by atoms with Crippen LogP contribution in [0.4, 0.5) is 5.69 Å². The van der Waals surface area contributed by atoms with Gasteiger partial charge in [-0.3, -0.25) is 14.9 Å². The van der Waals surface area contributed by atoms with Crippen LogP contribution >= 0.6 is 0 Å². The van der Waals surface area contributed by atoms with Crippen molar-refractivity contribution in [1.82, 2.24) is 0 Å². The summed E-state index contributed by atoms with van der Waals surface area (Å²) in [5.41, 5.74) is 2.63. The van der Waals surface area contributed by atoms with Gasteiger partial charge in [0.1, 0.15) is 0 Å². The van der Waals surface area contributed by atoms with Crippen molar-refractivity contribution in [3.05, 3.63) is 87.0 Å². The van der Waals surface area contributed by atoms with Crippen molar-refractivity contribution in [2.75, 3.05) is 25.2 Å². The molecule has 7 heteroatoms. The number of aliphatic hydroxyl groups excluding tert-OH is 1. The number of benzene rings is 1. The maximum absolute atomic E-state index is 12.5. The monoisotopic (exact) mass is 382 g/mol. The molecule has 0 atom stereocenters. The van der Waals surface area contributed by atoms with E-state index >= 15 is 0 Å². The standard InChI is InChI=1S/C21H22N2O5/c1-21(2)16-6-4-5-7-17(16)22(10-11-24)19(21)9-8-14-12-15(23(26)27)13-18(28-3)20(14)25/h4-9,12-13,24H,10-11H2,1-3H3/b14-8+,19-9-. The molecule has 1 aromatic carbocycles. The summed E-state index contributed by atoms with van der Waals surface area (Å²) < 4.78 is 5.00. The lowest BCUT2D eigenvalue weighted by Crippen LogP contribution is -2.28. The Balaban J connectivity index is 2.08. The maximum Gasteiger partial charge on any atom is 0.274 e. The van der Waals surface area contributed by atoms with Crippen LogP contribution in [0, 0.1) is 10.1 Å². The molecule has 0 fully saturated rings. The van der Waals surface area contributed by atoms with E-state index in [0.29, 0.717) is 6.54 Å². The number of nitrogens with zero attached hydrogens (tertiary/aromatic N) is 2. The van der Waals surface area contributed by atoms with Crippen molar-refractivity contribution in [2.24, 2.45) is 0 Å². The van der Waals surface area contributed by atoms with Gasteiger partial charge < -0.3 is 14.7 Å². The first-order valence-electron chi connectivity index (χ1n) is 8.88. The van der Waals surface area contributed by atoms with Crippen LogP contribution in [0.1, 0.15) is 19.4 Å². The first kappa shape index (κ1) is 19.6. The van der Waals surface area contributed by atoms with Gasteiger partial charge in [-0.25, -0.2) is 0 Å². The first-order chi connectivity index (χ1) is 13.3. The smallest absolute Gasteiger partial charge is 0.274 e. The fourth-order valence-corrected chi connectivity index (χ4v) is 3.64. The topological polar surface area (TPSA) is 92.9 Å². The summed E-state index contributed by atoms with van der Waals surface area (Å²) >= 11 is 0. The highest BCUT2D eigenvalue weighted by molar-refractivity contribution is 6.10. The number of anilines is 1. The van der Waals surface area contributed by atoms with Crippen LogP contribution in [0.3, 0.4) is 0 Å². The van der Waals surface area contributed by atoms with Gasteiger partial charge in [0.2, 0.25) is 5.78 Å². The van der Waals surface area contributed by atoms with E-state index in [1.54, 1.807) is 12.2 Å². The lowest BCUT2D eigenvalue weighted by molar-refractivity contribution is -0.419. The number of ketones is 1. The molecule has 0 radical (unpaired) electrons. The molecular weight excluding hydrogens is 360 g/mol. The summed E-state index contributed by atoms with van der Waals surface area (Å²) in [4.78, 5) is 25.1. The van der Waals surface area contributed by atoms with Crippen molar-refractivity contribution in [3.8, 4) is 0 Å². The maximum atomic E-state index is 12.5. The second kappa shape index (κ2) is 7.44. The van der Waals surface area contributed by atoms with Crippen LogP contribution in [0.15, 0.2) is 71.3 Å². The summed E-state index contributed by atoms with van der Waals surface area (Å²) in [5, 5.41) is 20.7. The zero-order valence-corrected chi connectivity index (χ0v) is 16.0. The van der Waals surface area contributed by atoms with Crippen LogP contribution in [-0.4, -0.2) is 36.1 Å². The molecule has 0 bridgehead atoms. The minimum Gasteiger partial charge on any atom is -0.492 e. The highest BCUT2D eigenvalue weighted by Crippen LogP contribution is 2.47. The number of ether oxygens (including phenoxy) is 1. The summed E-state index contributed by atoms with van der Waals surface area (Å²) in [7, 11) is 1.31. The van der Waals surface area contributed by atoms with E-state index in [9.17, 15) is 20.0 Å². The number of fused-ring (bicyclic) bond motifs is 1. The molecule has 3 rings (SSSR count). The molecule has 0 spiro atoms. The highest BCUT2D eigenvalue weighted by atomic mass is 16.6. The Kier molecular flexibility index (Phi) is 5.20. The SMILES string of the molecule is COC1=CC([N+](=O)[O-])=C/C(=C\C=C2/N(CCO)c3ccccc3C2(C)C)C1=O. The number of hydrogen-bond acceptors (Lipinski definition) is 6. The molecule has 28 heavy (non-hydrogen) atoms. The Morgan fingerprint density at radius 3 is 2.61 bits per heavy atom. The van der Waals surface area contributed by atoms with Gasteiger partial charge in [-0.1, -0.05) is 32.0 Å². The molecule has 0 aromatic heterocycles. The fraction of sp³-hybridized carbons (Fsp3) is 0.286. The number of carbonyl (C=O) groups excluding carboxylic acids is 1. The average Bonchev–Trinajstić information content (AvgIpc) is 2.88. The van der Waals surface area contributed by atoms with Crippen molar-refractivity contribution >= 4 is 11.5 Å². The number of para-hydroxylation sites is 1. The quantitative estimate of drug-likeness (QED) is 0.478. The number of nitro groups is 1. The Hall–Kier alpha value is -3.19. The van der Waals surface area contributed by atoms with E-state index < -0.39 is 10.7 Å². The van der Waals surface area contributed by atoms with E-state index in [2.05, 4.69) is 13.8 Å². The van der Waals surface area contributed by atoms with E-state index in [1.807, 2.05) is 29.2 Å². The van der Waals surface area contributed by atoms with Crippen LogP contribution in [-0.2, 0) is 14.9 Å². The van der Waals surface area contributed by atoms with E-state index in [0.717, 1.165) is 23.0 Å². The average molecular weight is 382 g/mol. The number of hydrogen-bond donors (Lipinski definition) is 1. The van der Waals surface area contributed by atoms with Gasteiger partial charge in [0.25, 0.3) is 5.70 Å². The third kappa shape index (κ3) is 3.25. The number of β-amino-alcohol motifs (C(OH)–C–C–N with tert-alkyl or cyclic N) is 1. The molecule has 0 unspecified atom stereocenters. The van der Waals surface area contributed by atoms with Gasteiger partial charge in [-0.05, 0) is 23.8 Å². The number of methoxy groups -OCH3 is 1. The summed E-state index contributed by atoms with van der Waals surface area (Å²) in [5.74, 6) is -0.480. The molecule has 2 aliphatic rings. The Morgan fingerprint density at radius 1 is 1.25 bits per heavy atom. The predicted molar refractivity (Wildman–Crippen MR) is 105 cm³/mol. The molecule has 1 heterocycles. The summed E-state index contributed by atoms with van der Waals surface area (Å²) in [6.07, 6.45) is 5.73.